The van der Waals surface area contributed by atoms with Crippen LogP contribution >= 0.6 is 15.9 Å². The van der Waals surface area contributed by atoms with Crippen molar-refractivity contribution >= 4 is 22.6 Å². The number of hydrogen-bond donors (Lipinski definition) is 0. The number of nitriles is 1. The van der Waals surface area contributed by atoms with E-state index in [0.717, 1.165) is 28.0 Å². The average Bonchev–Trinajstić information content (AvgIpc) is 2.87. The molecule has 2 aliphatic heterocycles. The van der Waals surface area contributed by atoms with Gasteiger partial charge in [0.15, 0.2) is 11.5 Å². The number of halogens is 1. The third-order valence-corrected chi connectivity index (χ3v) is 4.25. The fourth-order valence-electron chi connectivity index (χ4n) is 2.62. The van der Waals surface area contributed by atoms with Gasteiger partial charge < -0.3 is 14.2 Å². The first-order valence-electron chi connectivity index (χ1n) is 6.32. The molecule has 0 radical (unpaired) electrons. The van der Waals surface area contributed by atoms with Crippen molar-refractivity contribution < 1.29 is 14.2 Å². The van der Waals surface area contributed by atoms with E-state index in [1.807, 2.05) is 12.9 Å². The molecular formula is C13H13BBrNO3. The maximum atomic E-state index is 8.99. The Hall–Kier alpha value is -1.19. The van der Waals surface area contributed by atoms with Gasteiger partial charge in [-0.3, -0.25) is 0 Å². The molecule has 1 atom stereocenters. The van der Waals surface area contributed by atoms with Crippen LogP contribution in [-0.2, 0) is 11.2 Å². The predicted octanol–water partition coefficient (Wildman–Crippen LogP) is 2.98. The highest BCUT2D eigenvalue weighted by Crippen LogP contribution is 2.48. The Morgan fingerprint density at radius 1 is 1.53 bits per heavy atom. The molecule has 0 fully saturated rings. The Balaban J connectivity index is 2.05. The van der Waals surface area contributed by atoms with Gasteiger partial charge in [-0.25, -0.2) is 5.26 Å². The van der Waals surface area contributed by atoms with Crippen LogP contribution in [0.2, 0.25) is 13.1 Å². The molecule has 2 aliphatic rings. The fourth-order valence-corrected chi connectivity index (χ4v) is 3.23. The maximum Gasteiger partial charge on any atom is 0.267 e. The van der Waals surface area contributed by atoms with Gasteiger partial charge in [-0.2, -0.15) is 0 Å². The first-order valence-corrected chi connectivity index (χ1v) is 7.12. The van der Waals surface area contributed by atoms with Gasteiger partial charge in [0.25, 0.3) is 6.71 Å². The van der Waals surface area contributed by atoms with Crippen molar-refractivity contribution in [1.82, 2.24) is 0 Å². The van der Waals surface area contributed by atoms with Gasteiger partial charge in [-0.05, 0) is 24.4 Å². The quantitative estimate of drug-likeness (QED) is 0.786. The minimum Gasteiger partial charge on any atom is -0.454 e. The first kappa shape index (κ1) is 12.8. The molecule has 0 aromatic heterocycles. The minimum absolute atomic E-state index is 0.0482. The summed E-state index contributed by atoms with van der Waals surface area (Å²) in [5.74, 6) is 3.80. The van der Waals surface area contributed by atoms with Crippen molar-refractivity contribution in [3.63, 3.8) is 0 Å². The molecule has 4 nitrogen and oxygen atoms in total. The van der Waals surface area contributed by atoms with Gasteiger partial charge >= 0.3 is 0 Å². The lowest BCUT2D eigenvalue weighted by atomic mass is 9.49. The Labute approximate surface area is 120 Å². The van der Waals surface area contributed by atoms with E-state index in [0.29, 0.717) is 12.9 Å². The molecule has 0 saturated heterocycles. The van der Waals surface area contributed by atoms with Crippen LogP contribution in [0.3, 0.4) is 0 Å². The maximum absolute atomic E-state index is 8.99. The standard InChI is InChI=1S/C13H13BBrNO3/c1-14(6-16)5-11-12-8(2-3-17-11)9(15)4-10-13(12)19-7-18-10/h4,11H,2-3,5,7H2,1H3. The molecule has 0 spiro atoms. The second kappa shape index (κ2) is 5.07. The van der Waals surface area contributed by atoms with Crippen LogP contribution in [0.4, 0.5) is 0 Å². The second-order valence-electron chi connectivity index (χ2n) is 4.86. The monoisotopic (exact) mass is 321 g/mol. The molecule has 98 valence electrons. The summed E-state index contributed by atoms with van der Waals surface area (Å²) in [5, 5.41) is 8.99. The van der Waals surface area contributed by atoms with Crippen molar-refractivity contribution in [1.29, 1.82) is 5.26 Å². The van der Waals surface area contributed by atoms with Crippen molar-refractivity contribution in [2.75, 3.05) is 13.4 Å². The van der Waals surface area contributed by atoms with E-state index >= 15 is 0 Å². The van der Waals surface area contributed by atoms with E-state index in [2.05, 4.69) is 21.9 Å². The van der Waals surface area contributed by atoms with Crippen molar-refractivity contribution in [2.45, 2.75) is 25.7 Å². The Morgan fingerprint density at radius 3 is 3.16 bits per heavy atom. The average molecular weight is 322 g/mol. The second-order valence-corrected chi connectivity index (χ2v) is 5.71. The van der Waals surface area contributed by atoms with Crippen LogP contribution in [0.25, 0.3) is 0 Å². The number of rotatable bonds is 2. The zero-order valence-electron chi connectivity index (χ0n) is 10.6. The van der Waals surface area contributed by atoms with Gasteiger partial charge in [0.05, 0.1) is 12.7 Å². The largest absolute Gasteiger partial charge is 0.454 e. The summed E-state index contributed by atoms with van der Waals surface area (Å²) in [5.41, 5.74) is 2.26. The summed E-state index contributed by atoms with van der Waals surface area (Å²) in [7, 11) is 0. The number of ether oxygens (including phenoxy) is 3. The van der Waals surface area contributed by atoms with Crippen LogP contribution < -0.4 is 9.47 Å². The predicted molar refractivity (Wildman–Crippen MR) is 74.7 cm³/mol. The lowest BCUT2D eigenvalue weighted by molar-refractivity contribution is 0.0525. The van der Waals surface area contributed by atoms with Crippen LogP contribution in [0.15, 0.2) is 10.5 Å². The lowest BCUT2D eigenvalue weighted by Crippen LogP contribution is -2.21. The zero-order chi connectivity index (χ0) is 13.4. The van der Waals surface area contributed by atoms with Gasteiger partial charge in [-0.1, -0.05) is 22.8 Å². The van der Waals surface area contributed by atoms with Crippen molar-refractivity contribution in [3.05, 3.63) is 21.7 Å². The van der Waals surface area contributed by atoms with Crippen LogP contribution in [-0.4, -0.2) is 20.1 Å². The lowest BCUT2D eigenvalue weighted by Gasteiger charge is -2.28. The molecule has 1 aromatic rings. The van der Waals surface area contributed by atoms with Gasteiger partial charge in [0.1, 0.15) is 0 Å². The van der Waals surface area contributed by atoms with Crippen molar-refractivity contribution in [2.24, 2.45) is 0 Å². The molecule has 0 amide bonds. The Kier molecular flexibility index (Phi) is 3.42. The number of hydrogen-bond acceptors (Lipinski definition) is 4. The van der Waals surface area contributed by atoms with Crippen LogP contribution in [0.1, 0.15) is 17.2 Å². The van der Waals surface area contributed by atoms with Gasteiger partial charge in [-0.15, -0.1) is 0 Å². The van der Waals surface area contributed by atoms with Crippen molar-refractivity contribution in [3.8, 4) is 17.5 Å². The highest BCUT2D eigenvalue weighted by atomic mass is 79.9. The van der Waals surface area contributed by atoms with E-state index in [-0.39, 0.29) is 19.6 Å². The summed E-state index contributed by atoms with van der Waals surface area (Å²) in [4.78, 5) is 0. The van der Waals surface area contributed by atoms with Gasteiger partial charge in [0, 0.05) is 16.0 Å². The first-order chi connectivity index (χ1) is 9.20. The molecule has 6 heteroatoms. The molecule has 0 aliphatic carbocycles. The van der Waals surface area contributed by atoms with Crippen LogP contribution in [0.5, 0.6) is 11.5 Å². The highest BCUT2D eigenvalue weighted by molar-refractivity contribution is 9.10. The zero-order valence-corrected chi connectivity index (χ0v) is 12.2. The highest BCUT2D eigenvalue weighted by Gasteiger charge is 2.33. The van der Waals surface area contributed by atoms with E-state index < -0.39 is 0 Å². The molecule has 0 bridgehead atoms. The van der Waals surface area contributed by atoms with E-state index in [9.17, 15) is 0 Å². The Morgan fingerprint density at radius 2 is 2.37 bits per heavy atom. The van der Waals surface area contributed by atoms with Gasteiger partial charge in [0.2, 0.25) is 6.79 Å². The number of nitrogens with zero attached hydrogens (tertiary/aromatic N) is 1. The van der Waals surface area contributed by atoms with E-state index in [1.165, 1.54) is 5.56 Å². The smallest absolute Gasteiger partial charge is 0.267 e. The SMILES string of the molecule is CB(C#N)CC1OCCc2c(Br)cc3c(c21)OCO3. The molecule has 19 heavy (non-hydrogen) atoms. The molecule has 0 saturated carbocycles. The molecule has 1 aromatic carbocycles. The molecule has 3 rings (SSSR count). The molecule has 2 heterocycles. The summed E-state index contributed by atoms with van der Waals surface area (Å²) in [6.07, 6.45) is 1.44. The number of benzene rings is 1. The summed E-state index contributed by atoms with van der Waals surface area (Å²) in [6, 6.07) is 1.96. The third kappa shape index (κ3) is 2.22. The summed E-state index contributed by atoms with van der Waals surface area (Å²) < 4.78 is 17.9. The normalized spacial score (nSPS) is 19.7. The molecular weight excluding hydrogens is 309 g/mol. The minimum atomic E-state index is -0.0913. The van der Waals surface area contributed by atoms with E-state index in [1.54, 1.807) is 0 Å². The Bertz CT molecular complexity index is 554. The summed E-state index contributed by atoms with van der Waals surface area (Å²) in [6.45, 7) is 2.79. The molecule has 1 unspecified atom stereocenters. The topological polar surface area (TPSA) is 51.5 Å². The fraction of sp³-hybridized carbons (Fsp3) is 0.462. The third-order valence-electron chi connectivity index (χ3n) is 3.54. The summed E-state index contributed by atoms with van der Waals surface area (Å²) >= 11 is 3.59. The molecule has 0 N–H and O–H groups in total. The number of fused-ring (bicyclic) bond motifs is 3. The van der Waals surface area contributed by atoms with Crippen LogP contribution in [0, 0.1) is 11.2 Å². The van der Waals surface area contributed by atoms with E-state index in [4.69, 9.17) is 19.5 Å².